The van der Waals surface area contributed by atoms with E-state index in [9.17, 15) is 9.90 Å². The zero-order valence-corrected chi connectivity index (χ0v) is 6.02. The summed E-state index contributed by atoms with van der Waals surface area (Å²) in [4.78, 5) is 14.1. The fourth-order valence-electron chi connectivity index (χ4n) is 1.02. The average molecular weight is 163 g/mol. The number of furan rings is 1. The monoisotopic (exact) mass is 163 g/mol. The third-order valence-corrected chi connectivity index (χ3v) is 1.64. The lowest BCUT2D eigenvalue weighted by Gasteiger charge is -1.95. The maximum atomic E-state index is 10.3. The van der Waals surface area contributed by atoms with Crippen molar-refractivity contribution < 1.29 is 14.3 Å². The first-order valence-corrected chi connectivity index (χ1v) is 3.32. The molecule has 2 aromatic rings. The van der Waals surface area contributed by atoms with Crippen LogP contribution < -0.4 is 0 Å². The van der Waals surface area contributed by atoms with Gasteiger partial charge in [0.25, 0.3) is 0 Å². The van der Waals surface area contributed by atoms with E-state index < -0.39 is 0 Å². The minimum Gasteiger partial charge on any atom is -0.505 e. The van der Waals surface area contributed by atoms with Crippen LogP contribution in [0, 0.1) is 0 Å². The number of aromatic hydroxyl groups is 1. The molecule has 0 saturated carbocycles. The first-order valence-electron chi connectivity index (χ1n) is 3.32. The highest BCUT2D eigenvalue weighted by Gasteiger charge is 2.07. The number of hydrogen-bond donors (Lipinski definition) is 1. The van der Waals surface area contributed by atoms with E-state index in [2.05, 4.69) is 4.98 Å². The fourth-order valence-corrected chi connectivity index (χ4v) is 1.02. The van der Waals surface area contributed by atoms with Crippen LogP contribution in [0.3, 0.4) is 0 Å². The maximum absolute atomic E-state index is 10.3. The number of nitrogens with zero attached hydrogens (tertiary/aromatic N) is 1. The van der Waals surface area contributed by atoms with Crippen molar-refractivity contribution >= 4 is 17.1 Å². The molecule has 0 radical (unpaired) electrons. The molecule has 4 nitrogen and oxygen atoms in total. The second-order valence-corrected chi connectivity index (χ2v) is 2.35. The van der Waals surface area contributed by atoms with Crippen molar-refractivity contribution in [1.29, 1.82) is 0 Å². The molecule has 2 heterocycles. The highest BCUT2D eigenvalue weighted by molar-refractivity contribution is 5.92. The normalized spacial score (nSPS) is 10.3. The predicted octanol–water partition coefficient (Wildman–Crippen LogP) is 1.35. The van der Waals surface area contributed by atoms with Crippen LogP contribution >= 0.6 is 0 Å². The first kappa shape index (κ1) is 6.84. The van der Waals surface area contributed by atoms with Crippen LogP contribution in [0.4, 0.5) is 0 Å². The van der Waals surface area contributed by atoms with Gasteiger partial charge in [-0.25, -0.2) is 4.98 Å². The Balaban J connectivity index is 2.86. The third kappa shape index (κ3) is 0.780. The molecule has 0 fully saturated rings. The molecule has 2 aromatic heterocycles. The van der Waals surface area contributed by atoms with Crippen LogP contribution in [0.25, 0.3) is 10.8 Å². The summed E-state index contributed by atoms with van der Waals surface area (Å²) in [5.41, 5.74) is 0.0314. The molecule has 0 atom stereocenters. The predicted molar refractivity (Wildman–Crippen MR) is 41.1 cm³/mol. The molecule has 60 valence electrons. The highest BCUT2D eigenvalue weighted by atomic mass is 16.3. The largest absolute Gasteiger partial charge is 0.505 e. The minimum absolute atomic E-state index is 0.0314. The molecule has 0 aliphatic carbocycles. The molecule has 12 heavy (non-hydrogen) atoms. The Morgan fingerprint density at radius 1 is 1.50 bits per heavy atom. The average Bonchev–Trinajstić information content (AvgIpc) is 2.53. The van der Waals surface area contributed by atoms with Gasteiger partial charge in [0.2, 0.25) is 0 Å². The standard InChI is InChI=1S/C8H5NO3/c10-2-7-8(11)6-4-12-3-5(6)1-9-7/h1-4,11H. The van der Waals surface area contributed by atoms with Gasteiger partial charge in [0.1, 0.15) is 12.0 Å². The Labute approximate surface area is 67.4 Å². The molecule has 0 aliphatic rings. The fraction of sp³-hybridized carbons (Fsp3) is 0. The molecule has 2 rings (SSSR count). The van der Waals surface area contributed by atoms with Gasteiger partial charge in [0.05, 0.1) is 11.6 Å². The van der Waals surface area contributed by atoms with Crippen molar-refractivity contribution in [2.45, 2.75) is 0 Å². The smallest absolute Gasteiger partial charge is 0.172 e. The summed E-state index contributed by atoms with van der Waals surface area (Å²) in [7, 11) is 0. The van der Waals surface area contributed by atoms with Crippen LogP contribution in [0.2, 0.25) is 0 Å². The van der Waals surface area contributed by atoms with Crippen molar-refractivity contribution in [3.05, 3.63) is 24.4 Å². The van der Waals surface area contributed by atoms with Gasteiger partial charge in [0.15, 0.2) is 12.0 Å². The third-order valence-electron chi connectivity index (χ3n) is 1.64. The number of rotatable bonds is 1. The topological polar surface area (TPSA) is 63.3 Å². The minimum atomic E-state index is -0.128. The van der Waals surface area contributed by atoms with Gasteiger partial charge in [-0.3, -0.25) is 4.79 Å². The molecule has 0 aromatic carbocycles. The summed E-state index contributed by atoms with van der Waals surface area (Å²) in [6.45, 7) is 0. The number of aromatic nitrogens is 1. The maximum Gasteiger partial charge on any atom is 0.172 e. The number of hydrogen-bond acceptors (Lipinski definition) is 4. The van der Waals surface area contributed by atoms with Crippen molar-refractivity contribution in [2.75, 3.05) is 0 Å². The highest BCUT2D eigenvalue weighted by Crippen LogP contribution is 2.26. The van der Waals surface area contributed by atoms with Gasteiger partial charge >= 0.3 is 0 Å². The Morgan fingerprint density at radius 3 is 3.08 bits per heavy atom. The molecule has 1 N–H and O–H groups in total. The van der Waals surface area contributed by atoms with E-state index >= 15 is 0 Å². The Kier molecular flexibility index (Phi) is 1.33. The van der Waals surface area contributed by atoms with Crippen LogP contribution in [0.1, 0.15) is 10.5 Å². The molecule has 0 unspecified atom stereocenters. The van der Waals surface area contributed by atoms with Gasteiger partial charge in [-0.2, -0.15) is 0 Å². The van der Waals surface area contributed by atoms with Gasteiger partial charge in [0, 0.05) is 11.6 Å². The molecule has 0 bridgehead atoms. The number of aldehydes is 1. The van der Waals surface area contributed by atoms with Crippen LogP contribution in [0.15, 0.2) is 23.1 Å². The summed E-state index contributed by atoms with van der Waals surface area (Å²) < 4.78 is 4.83. The quantitative estimate of drug-likeness (QED) is 0.644. The number of carbonyl (C=O) groups excluding carboxylic acids is 1. The molecule has 4 heteroatoms. The summed E-state index contributed by atoms with van der Waals surface area (Å²) in [5.74, 6) is -0.128. The lowest BCUT2D eigenvalue weighted by atomic mass is 10.2. The molecule has 0 spiro atoms. The summed E-state index contributed by atoms with van der Waals surface area (Å²) in [6.07, 6.45) is 4.81. The summed E-state index contributed by atoms with van der Waals surface area (Å²) in [5, 5.41) is 10.6. The molecule has 0 amide bonds. The molecule has 0 saturated heterocycles. The van der Waals surface area contributed by atoms with E-state index in [-0.39, 0.29) is 11.4 Å². The van der Waals surface area contributed by atoms with Crippen LogP contribution in [0.5, 0.6) is 5.75 Å². The molecule has 0 aliphatic heterocycles. The van der Waals surface area contributed by atoms with Gasteiger partial charge in [-0.05, 0) is 0 Å². The second kappa shape index (κ2) is 2.34. The van der Waals surface area contributed by atoms with E-state index in [1.807, 2.05) is 0 Å². The molecular formula is C8H5NO3. The van der Waals surface area contributed by atoms with Crippen molar-refractivity contribution in [3.8, 4) is 5.75 Å². The van der Waals surface area contributed by atoms with Crippen molar-refractivity contribution in [2.24, 2.45) is 0 Å². The zero-order valence-electron chi connectivity index (χ0n) is 6.02. The number of fused-ring (bicyclic) bond motifs is 1. The van der Waals surface area contributed by atoms with Gasteiger partial charge in [-0.15, -0.1) is 0 Å². The first-order chi connectivity index (χ1) is 5.83. The van der Waals surface area contributed by atoms with E-state index in [0.29, 0.717) is 17.1 Å². The number of carbonyl (C=O) groups is 1. The lowest BCUT2D eigenvalue weighted by Crippen LogP contribution is -1.86. The van der Waals surface area contributed by atoms with Crippen molar-refractivity contribution in [1.82, 2.24) is 4.98 Å². The van der Waals surface area contributed by atoms with E-state index in [1.165, 1.54) is 18.7 Å². The lowest BCUT2D eigenvalue weighted by molar-refractivity contribution is 0.111. The van der Waals surface area contributed by atoms with Gasteiger partial charge in [-0.1, -0.05) is 0 Å². The Morgan fingerprint density at radius 2 is 2.33 bits per heavy atom. The van der Waals surface area contributed by atoms with E-state index in [1.54, 1.807) is 0 Å². The van der Waals surface area contributed by atoms with Crippen molar-refractivity contribution in [3.63, 3.8) is 0 Å². The molecular weight excluding hydrogens is 158 g/mol. The van der Waals surface area contributed by atoms with E-state index in [4.69, 9.17) is 4.42 Å². The zero-order chi connectivity index (χ0) is 8.55. The van der Waals surface area contributed by atoms with Gasteiger partial charge < -0.3 is 9.52 Å². The Hall–Kier alpha value is -1.84. The van der Waals surface area contributed by atoms with Crippen LogP contribution in [-0.2, 0) is 0 Å². The van der Waals surface area contributed by atoms with E-state index in [0.717, 1.165) is 0 Å². The second-order valence-electron chi connectivity index (χ2n) is 2.35. The Bertz CT molecular complexity index is 433. The summed E-state index contributed by atoms with van der Waals surface area (Å²) in [6, 6.07) is 0. The SMILES string of the molecule is O=Cc1ncc2cocc2c1O. The summed E-state index contributed by atoms with van der Waals surface area (Å²) >= 11 is 0. The van der Waals surface area contributed by atoms with Crippen LogP contribution in [-0.4, -0.2) is 16.4 Å². The number of pyridine rings is 1.